The molecule has 0 aliphatic heterocycles. The molecule has 0 unspecified atom stereocenters. The number of carbonyl (C=O) groups excluding carboxylic acids is 1. The van der Waals surface area contributed by atoms with E-state index in [4.69, 9.17) is 14.2 Å². The highest BCUT2D eigenvalue weighted by Crippen LogP contribution is 2.36. The number of anilines is 1. The van der Waals surface area contributed by atoms with E-state index in [0.717, 1.165) is 46.6 Å². The summed E-state index contributed by atoms with van der Waals surface area (Å²) in [5.41, 5.74) is 4.74. The zero-order valence-corrected chi connectivity index (χ0v) is 19.6. The molecule has 2 aromatic carbocycles. The Morgan fingerprint density at radius 2 is 1.71 bits per heavy atom. The molecule has 6 nitrogen and oxygen atoms in total. The van der Waals surface area contributed by atoms with E-state index in [2.05, 4.69) is 22.4 Å². The summed E-state index contributed by atoms with van der Waals surface area (Å²) >= 11 is 0. The third kappa shape index (κ3) is 5.95. The van der Waals surface area contributed by atoms with Crippen LogP contribution in [0.1, 0.15) is 49.3 Å². The molecule has 1 fully saturated rings. The maximum Gasteiger partial charge on any atom is 0.411 e. The van der Waals surface area contributed by atoms with Gasteiger partial charge in [0.15, 0.2) is 11.5 Å². The summed E-state index contributed by atoms with van der Waals surface area (Å²) in [5.74, 6) is 1.49. The van der Waals surface area contributed by atoms with E-state index in [1.165, 1.54) is 12.8 Å². The average Bonchev–Trinajstić information content (AvgIpc) is 3.37. The SMILES string of the molecule is CCOC(=O)Nc1ccc(/C(=C\c2ccncc2)c2ccc(OC)c(OC3CCCC3)c2)cc1. The summed E-state index contributed by atoms with van der Waals surface area (Å²) in [5, 5.41) is 2.74. The molecule has 0 spiro atoms. The number of carbonyl (C=O) groups is 1. The zero-order valence-electron chi connectivity index (χ0n) is 19.6. The summed E-state index contributed by atoms with van der Waals surface area (Å²) in [6, 6.07) is 17.7. The maximum atomic E-state index is 11.8. The van der Waals surface area contributed by atoms with Gasteiger partial charge in [0.1, 0.15) is 0 Å². The molecular weight excluding hydrogens is 428 g/mol. The molecule has 1 aliphatic rings. The van der Waals surface area contributed by atoms with Crippen LogP contribution in [0, 0.1) is 0 Å². The average molecular weight is 459 g/mol. The van der Waals surface area contributed by atoms with Gasteiger partial charge in [-0.2, -0.15) is 0 Å². The van der Waals surface area contributed by atoms with Gasteiger partial charge < -0.3 is 14.2 Å². The largest absolute Gasteiger partial charge is 0.493 e. The second kappa shape index (κ2) is 11.4. The van der Waals surface area contributed by atoms with E-state index in [1.54, 1.807) is 26.4 Å². The van der Waals surface area contributed by atoms with Crippen LogP contribution in [0.25, 0.3) is 11.6 Å². The second-order valence-corrected chi connectivity index (χ2v) is 8.15. The molecule has 0 atom stereocenters. The minimum Gasteiger partial charge on any atom is -0.493 e. The summed E-state index contributed by atoms with van der Waals surface area (Å²) in [4.78, 5) is 15.9. The first-order valence-electron chi connectivity index (χ1n) is 11.7. The van der Waals surface area contributed by atoms with Crippen LogP contribution in [0.15, 0.2) is 67.0 Å². The molecule has 3 aromatic rings. The standard InChI is InChI=1S/C28H30N2O4/c1-3-33-28(31)30-23-11-8-21(9-12-23)25(18-20-14-16-29-17-15-20)22-10-13-26(32-2)27(19-22)34-24-6-4-5-7-24/h8-19,24H,3-7H2,1-2H3,(H,30,31)/b25-18+. The molecular formula is C28H30N2O4. The highest BCUT2D eigenvalue weighted by molar-refractivity contribution is 5.92. The zero-order chi connectivity index (χ0) is 23.8. The molecule has 1 amide bonds. The van der Waals surface area contributed by atoms with Crippen molar-refractivity contribution < 1.29 is 19.0 Å². The number of ether oxygens (including phenoxy) is 3. The van der Waals surface area contributed by atoms with E-state index in [9.17, 15) is 4.79 Å². The van der Waals surface area contributed by atoms with Gasteiger partial charge in [-0.3, -0.25) is 10.3 Å². The predicted molar refractivity (Wildman–Crippen MR) is 134 cm³/mol. The van der Waals surface area contributed by atoms with Crippen LogP contribution in [-0.2, 0) is 4.74 Å². The third-order valence-corrected chi connectivity index (χ3v) is 5.81. The van der Waals surface area contributed by atoms with Crippen molar-refractivity contribution in [3.63, 3.8) is 0 Å². The number of rotatable bonds is 8. The first-order valence-corrected chi connectivity index (χ1v) is 11.7. The van der Waals surface area contributed by atoms with Gasteiger partial charge in [-0.05, 0) is 97.3 Å². The number of benzene rings is 2. The monoisotopic (exact) mass is 458 g/mol. The number of nitrogens with one attached hydrogen (secondary N) is 1. The number of hydrogen-bond acceptors (Lipinski definition) is 5. The molecule has 1 N–H and O–H groups in total. The Bertz CT molecular complexity index is 1120. The highest BCUT2D eigenvalue weighted by Gasteiger charge is 2.19. The van der Waals surface area contributed by atoms with Crippen molar-refractivity contribution in [1.29, 1.82) is 0 Å². The molecule has 0 saturated heterocycles. The van der Waals surface area contributed by atoms with Crippen molar-refractivity contribution in [3.8, 4) is 11.5 Å². The van der Waals surface area contributed by atoms with Crippen molar-refractivity contribution in [2.75, 3.05) is 19.0 Å². The Balaban J connectivity index is 1.69. The lowest BCUT2D eigenvalue weighted by Crippen LogP contribution is -2.13. The number of aromatic nitrogens is 1. The van der Waals surface area contributed by atoms with Gasteiger partial charge in [-0.25, -0.2) is 4.79 Å². The van der Waals surface area contributed by atoms with Gasteiger partial charge in [-0.1, -0.05) is 18.2 Å². The maximum absolute atomic E-state index is 11.8. The molecule has 1 aromatic heterocycles. The van der Waals surface area contributed by atoms with Gasteiger partial charge in [0.2, 0.25) is 0 Å². The second-order valence-electron chi connectivity index (χ2n) is 8.15. The topological polar surface area (TPSA) is 69.7 Å². The van der Waals surface area contributed by atoms with Gasteiger partial charge in [-0.15, -0.1) is 0 Å². The Morgan fingerprint density at radius 1 is 1.00 bits per heavy atom. The number of methoxy groups -OCH3 is 1. The van der Waals surface area contributed by atoms with Crippen molar-refractivity contribution in [1.82, 2.24) is 4.98 Å². The fourth-order valence-electron chi connectivity index (χ4n) is 4.10. The van der Waals surface area contributed by atoms with E-state index < -0.39 is 6.09 Å². The Labute approximate surface area is 200 Å². The molecule has 0 radical (unpaired) electrons. The van der Waals surface area contributed by atoms with Gasteiger partial charge in [0.25, 0.3) is 0 Å². The molecule has 1 aliphatic carbocycles. The minimum absolute atomic E-state index is 0.227. The summed E-state index contributed by atoms with van der Waals surface area (Å²) in [6.07, 6.45) is 9.98. The number of hydrogen-bond donors (Lipinski definition) is 1. The van der Waals surface area contributed by atoms with E-state index in [1.807, 2.05) is 48.5 Å². The fraction of sp³-hybridized carbons (Fsp3) is 0.286. The highest BCUT2D eigenvalue weighted by atomic mass is 16.5. The molecule has 1 heterocycles. The first-order chi connectivity index (χ1) is 16.7. The van der Waals surface area contributed by atoms with Crippen LogP contribution in [0.5, 0.6) is 11.5 Å². The molecule has 4 rings (SSSR count). The number of nitrogens with zero attached hydrogens (tertiary/aromatic N) is 1. The van der Waals surface area contributed by atoms with Crippen molar-refractivity contribution in [2.45, 2.75) is 38.7 Å². The van der Waals surface area contributed by atoms with Crippen molar-refractivity contribution >= 4 is 23.4 Å². The summed E-state index contributed by atoms with van der Waals surface area (Å²) < 4.78 is 16.9. The quantitative estimate of drug-likeness (QED) is 0.413. The molecule has 176 valence electrons. The molecule has 0 bridgehead atoms. The van der Waals surface area contributed by atoms with Gasteiger partial charge in [0, 0.05) is 18.1 Å². The fourth-order valence-corrected chi connectivity index (χ4v) is 4.10. The minimum atomic E-state index is -0.466. The van der Waals surface area contributed by atoms with Crippen LogP contribution in [0.3, 0.4) is 0 Å². The van der Waals surface area contributed by atoms with E-state index >= 15 is 0 Å². The van der Waals surface area contributed by atoms with Crippen LogP contribution < -0.4 is 14.8 Å². The lowest BCUT2D eigenvalue weighted by molar-refractivity contribution is 0.168. The lowest BCUT2D eigenvalue weighted by atomic mass is 9.95. The normalized spacial score (nSPS) is 14.0. The Kier molecular flexibility index (Phi) is 7.81. The van der Waals surface area contributed by atoms with Crippen LogP contribution in [-0.4, -0.2) is 30.9 Å². The predicted octanol–water partition coefficient (Wildman–Crippen LogP) is 6.57. The summed E-state index contributed by atoms with van der Waals surface area (Å²) in [6.45, 7) is 2.10. The Morgan fingerprint density at radius 3 is 2.38 bits per heavy atom. The van der Waals surface area contributed by atoms with Crippen LogP contribution in [0.2, 0.25) is 0 Å². The van der Waals surface area contributed by atoms with E-state index in [-0.39, 0.29) is 6.10 Å². The lowest BCUT2D eigenvalue weighted by Gasteiger charge is -2.18. The summed E-state index contributed by atoms with van der Waals surface area (Å²) in [7, 11) is 1.67. The van der Waals surface area contributed by atoms with Crippen molar-refractivity contribution in [2.24, 2.45) is 0 Å². The smallest absolute Gasteiger partial charge is 0.411 e. The molecule has 1 saturated carbocycles. The van der Waals surface area contributed by atoms with E-state index in [0.29, 0.717) is 12.3 Å². The van der Waals surface area contributed by atoms with Crippen LogP contribution >= 0.6 is 0 Å². The van der Waals surface area contributed by atoms with Gasteiger partial charge >= 0.3 is 6.09 Å². The molecule has 6 heteroatoms. The molecule has 34 heavy (non-hydrogen) atoms. The Hall–Kier alpha value is -3.80. The number of amides is 1. The van der Waals surface area contributed by atoms with Crippen LogP contribution in [0.4, 0.5) is 10.5 Å². The van der Waals surface area contributed by atoms with Crippen molar-refractivity contribution in [3.05, 3.63) is 83.7 Å². The first kappa shape index (κ1) is 23.4. The third-order valence-electron chi connectivity index (χ3n) is 5.81. The number of pyridine rings is 1. The van der Waals surface area contributed by atoms with Gasteiger partial charge in [0.05, 0.1) is 19.8 Å².